The number of likely N-dealkylation sites (tertiary alicyclic amines) is 1. The maximum Gasteiger partial charge on any atom is 0.139 e. The van der Waals surface area contributed by atoms with Crippen LogP contribution in [0.1, 0.15) is 12.0 Å². The van der Waals surface area contributed by atoms with E-state index in [1.165, 1.54) is 0 Å². The highest BCUT2D eigenvalue weighted by molar-refractivity contribution is 7.18. The first-order valence-electron chi connectivity index (χ1n) is 6.92. The molecular weight excluding hydrogens is 300 g/mol. The summed E-state index contributed by atoms with van der Waals surface area (Å²) < 4.78 is 13.9. The Morgan fingerprint density at radius 1 is 1.55 bits per heavy atom. The molecule has 2 atom stereocenters. The second kappa shape index (κ2) is 6.95. The number of rotatable bonds is 4. The van der Waals surface area contributed by atoms with Crippen molar-refractivity contribution in [3.05, 3.63) is 29.8 Å². The molecule has 1 fully saturated rings. The number of nitrogens with zero attached hydrogens (tertiary/aromatic N) is 5. The van der Waals surface area contributed by atoms with E-state index in [-0.39, 0.29) is 0 Å². The van der Waals surface area contributed by atoms with Crippen molar-refractivity contribution >= 4 is 27.5 Å². The van der Waals surface area contributed by atoms with Gasteiger partial charge in [-0.1, -0.05) is 9.24 Å². The van der Waals surface area contributed by atoms with Gasteiger partial charge in [-0.3, -0.25) is 9.89 Å². The molecule has 1 heterocycles. The molecule has 1 aromatic carbocycles. The fraction of sp³-hybridized carbons (Fsp3) is 0.400. The normalized spacial score (nSPS) is 22.4. The van der Waals surface area contributed by atoms with Crippen molar-refractivity contribution in [2.75, 3.05) is 31.7 Å². The molecular formula is C15H19FN5P. The average Bonchev–Trinajstić information content (AvgIpc) is 2.86. The molecule has 0 spiro atoms. The molecule has 0 radical (unpaired) electrons. The summed E-state index contributed by atoms with van der Waals surface area (Å²) in [5, 5.41) is 13.2. The largest absolute Gasteiger partial charge is 0.292 e. The smallest absolute Gasteiger partial charge is 0.139 e. The minimum Gasteiger partial charge on any atom is -0.292 e. The van der Waals surface area contributed by atoms with Gasteiger partial charge in [0.15, 0.2) is 0 Å². The minimum atomic E-state index is -1.22. The van der Waals surface area contributed by atoms with E-state index in [0.29, 0.717) is 37.5 Å². The highest BCUT2D eigenvalue weighted by atomic mass is 31.0. The lowest BCUT2D eigenvalue weighted by molar-refractivity contribution is 0.276. The number of anilines is 1. The molecule has 1 aliphatic heterocycles. The molecule has 1 aromatic rings. The maximum atomic E-state index is 13.9. The van der Waals surface area contributed by atoms with Gasteiger partial charge in [-0.05, 0) is 30.7 Å². The van der Waals surface area contributed by atoms with Crippen molar-refractivity contribution in [3.63, 3.8) is 0 Å². The Morgan fingerprint density at radius 3 is 2.68 bits per heavy atom. The molecule has 0 aliphatic carbocycles. The van der Waals surface area contributed by atoms with Crippen molar-refractivity contribution < 1.29 is 4.39 Å². The summed E-state index contributed by atoms with van der Waals surface area (Å²) in [6.07, 6.45) is 0.493. The monoisotopic (exact) mass is 319 g/mol. The van der Waals surface area contributed by atoms with Crippen molar-refractivity contribution in [1.82, 2.24) is 4.90 Å². The zero-order chi connectivity index (χ0) is 16.2. The van der Waals surface area contributed by atoms with Crippen LogP contribution < -0.4 is 5.01 Å². The molecule has 7 heteroatoms. The number of benzene rings is 1. The summed E-state index contributed by atoms with van der Waals surface area (Å²) in [6, 6.07) is 9.08. The van der Waals surface area contributed by atoms with Crippen LogP contribution in [0, 0.1) is 11.3 Å². The van der Waals surface area contributed by atoms with Gasteiger partial charge in [0.05, 0.1) is 23.9 Å². The van der Waals surface area contributed by atoms with Gasteiger partial charge in [-0.15, -0.1) is 0 Å². The Balaban J connectivity index is 2.13. The molecule has 0 saturated carbocycles. The molecule has 0 bridgehead atoms. The Bertz CT molecular complexity index is 605. The maximum absolute atomic E-state index is 13.9. The van der Waals surface area contributed by atoms with Crippen molar-refractivity contribution in [2.45, 2.75) is 11.8 Å². The predicted octanol–water partition coefficient (Wildman–Crippen LogP) is 2.26. The molecule has 0 aromatic heterocycles. The molecule has 0 N–H and O–H groups in total. The van der Waals surface area contributed by atoms with Crippen LogP contribution in [0.25, 0.3) is 0 Å². The first-order chi connectivity index (χ1) is 10.5. The molecule has 116 valence electrons. The van der Waals surface area contributed by atoms with Gasteiger partial charge in [0, 0.05) is 26.9 Å². The Morgan fingerprint density at radius 2 is 2.23 bits per heavy atom. The number of halogens is 1. The number of hydrogen-bond donors (Lipinski definition) is 0. The summed E-state index contributed by atoms with van der Waals surface area (Å²) in [6.45, 7) is 5.12. The van der Waals surface area contributed by atoms with Gasteiger partial charge in [-0.2, -0.15) is 10.4 Å². The summed E-state index contributed by atoms with van der Waals surface area (Å²) in [7, 11) is 3.95. The lowest BCUT2D eigenvalue weighted by Crippen LogP contribution is -2.37. The molecule has 0 amide bonds. The van der Waals surface area contributed by atoms with Gasteiger partial charge >= 0.3 is 0 Å². The van der Waals surface area contributed by atoms with E-state index in [2.05, 4.69) is 32.1 Å². The van der Waals surface area contributed by atoms with Crippen LogP contribution in [0.2, 0.25) is 0 Å². The summed E-state index contributed by atoms with van der Waals surface area (Å²) >= 11 is 0. The molecule has 2 unspecified atom stereocenters. The predicted molar refractivity (Wildman–Crippen MR) is 91.2 cm³/mol. The molecule has 1 saturated heterocycles. The van der Waals surface area contributed by atoms with Gasteiger partial charge in [0.25, 0.3) is 0 Å². The summed E-state index contributed by atoms with van der Waals surface area (Å²) in [4.78, 5) is 6.26. The average molecular weight is 319 g/mol. The summed E-state index contributed by atoms with van der Waals surface area (Å²) in [5.74, 6) is 0.683. The third-order valence-corrected chi connectivity index (χ3v) is 4.05. The number of hydrogen-bond acceptors (Lipinski definition) is 4. The summed E-state index contributed by atoms with van der Waals surface area (Å²) in [5.41, 5.74) is 1.35. The first kappa shape index (κ1) is 16.5. The lowest BCUT2D eigenvalue weighted by Gasteiger charge is -2.24. The third-order valence-electron chi connectivity index (χ3n) is 3.58. The van der Waals surface area contributed by atoms with Crippen molar-refractivity contribution in [1.29, 1.82) is 5.26 Å². The topological polar surface area (TPSA) is 55.0 Å². The van der Waals surface area contributed by atoms with Crippen LogP contribution >= 0.6 is 9.24 Å². The SMILES string of the molecule is C=NN(C(CN1CCC(F)(P)C1)=NC)c1ccc(C#N)cc1. The van der Waals surface area contributed by atoms with Crippen molar-refractivity contribution in [3.8, 4) is 6.07 Å². The number of aliphatic imine (C=N–C) groups is 1. The zero-order valence-electron chi connectivity index (χ0n) is 12.5. The van der Waals surface area contributed by atoms with E-state index in [1.54, 1.807) is 36.3 Å². The molecule has 5 nitrogen and oxygen atoms in total. The Kier molecular flexibility index (Phi) is 5.23. The highest BCUT2D eigenvalue weighted by Gasteiger charge is 2.34. The van der Waals surface area contributed by atoms with Crippen LogP contribution in [-0.2, 0) is 0 Å². The second-order valence-electron chi connectivity index (χ2n) is 5.25. The Hall–Kier alpha value is -1.83. The zero-order valence-corrected chi connectivity index (χ0v) is 13.7. The molecule has 2 rings (SSSR count). The van der Waals surface area contributed by atoms with E-state index < -0.39 is 5.41 Å². The minimum absolute atomic E-state index is 0.356. The van der Waals surface area contributed by atoms with Gasteiger partial charge < -0.3 is 0 Å². The second-order valence-corrected chi connectivity index (χ2v) is 6.28. The fourth-order valence-electron chi connectivity index (χ4n) is 2.43. The van der Waals surface area contributed by atoms with E-state index in [0.717, 1.165) is 5.69 Å². The van der Waals surface area contributed by atoms with Crippen LogP contribution in [0.5, 0.6) is 0 Å². The number of hydrazone groups is 1. The van der Waals surface area contributed by atoms with Crippen LogP contribution in [-0.4, -0.2) is 49.5 Å². The van der Waals surface area contributed by atoms with Crippen LogP contribution in [0.4, 0.5) is 10.1 Å². The van der Waals surface area contributed by atoms with E-state index in [9.17, 15) is 4.39 Å². The number of alkyl halides is 1. The standard InChI is InChI=1S/C15H19FN5P/c1-18-14(10-20-8-7-15(16,22)11-20)21(19-2)13-5-3-12(9-17)4-6-13/h3-6H,2,7-8,10-11,22H2,1H3. The molecule has 22 heavy (non-hydrogen) atoms. The lowest BCUT2D eigenvalue weighted by atomic mass is 10.2. The third kappa shape index (κ3) is 3.88. The fourth-order valence-corrected chi connectivity index (χ4v) is 2.82. The Labute approximate surface area is 132 Å². The van der Waals surface area contributed by atoms with E-state index >= 15 is 0 Å². The van der Waals surface area contributed by atoms with Crippen molar-refractivity contribution in [2.24, 2.45) is 10.1 Å². The molecule has 1 aliphatic rings. The first-order valence-corrected chi connectivity index (χ1v) is 7.49. The highest BCUT2D eigenvalue weighted by Crippen LogP contribution is 2.31. The van der Waals surface area contributed by atoms with Gasteiger partial charge in [0.2, 0.25) is 0 Å². The van der Waals surface area contributed by atoms with E-state index in [4.69, 9.17) is 5.26 Å². The van der Waals surface area contributed by atoms with E-state index in [1.807, 2.05) is 4.90 Å². The van der Waals surface area contributed by atoms with Gasteiger partial charge in [0.1, 0.15) is 11.2 Å². The van der Waals surface area contributed by atoms with Crippen LogP contribution in [0.15, 0.2) is 34.4 Å². The number of nitriles is 1. The number of amidine groups is 1. The quantitative estimate of drug-likeness (QED) is 0.370. The van der Waals surface area contributed by atoms with Gasteiger partial charge in [-0.25, -0.2) is 9.40 Å². The van der Waals surface area contributed by atoms with Crippen LogP contribution in [0.3, 0.4) is 0 Å².